The summed E-state index contributed by atoms with van der Waals surface area (Å²) in [5.41, 5.74) is -0.319. The van der Waals surface area contributed by atoms with Crippen LogP contribution >= 0.6 is 0 Å². The highest BCUT2D eigenvalue weighted by Crippen LogP contribution is 2.32. The molecule has 0 amide bonds. The molecule has 2 atom stereocenters. The molecule has 0 saturated carbocycles. The third-order valence-corrected chi connectivity index (χ3v) is 2.67. The fraction of sp³-hybridized carbons (Fsp3) is 0.900. The van der Waals surface area contributed by atoms with E-state index < -0.39 is 0 Å². The van der Waals surface area contributed by atoms with Crippen LogP contribution in [0.15, 0.2) is 0 Å². The van der Waals surface area contributed by atoms with Gasteiger partial charge in [0.2, 0.25) is 0 Å². The molecule has 1 heterocycles. The summed E-state index contributed by atoms with van der Waals surface area (Å²) in [5.74, 6) is 0.187. The predicted molar refractivity (Wildman–Crippen MR) is 49.4 cm³/mol. The average Bonchev–Trinajstić information content (AvgIpc) is 2.19. The van der Waals surface area contributed by atoms with Crippen molar-refractivity contribution < 1.29 is 14.6 Å². The van der Waals surface area contributed by atoms with E-state index in [2.05, 4.69) is 0 Å². The van der Waals surface area contributed by atoms with Gasteiger partial charge in [-0.3, -0.25) is 0 Å². The van der Waals surface area contributed by atoms with E-state index in [9.17, 15) is 4.79 Å². The van der Waals surface area contributed by atoms with E-state index in [-0.39, 0.29) is 17.9 Å². The van der Waals surface area contributed by atoms with Gasteiger partial charge >= 0.3 is 0 Å². The second kappa shape index (κ2) is 4.72. The molecule has 0 aromatic heterocycles. The minimum absolute atomic E-state index is 0.148. The van der Waals surface area contributed by atoms with Crippen molar-refractivity contribution in [3.05, 3.63) is 0 Å². The minimum Gasteiger partial charge on any atom is -0.396 e. The number of ether oxygens (including phenoxy) is 1. The summed E-state index contributed by atoms with van der Waals surface area (Å²) in [6.07, 6.45) is 3.61. The van der Waals surface area contributed by atoms with Crippen molar-refractivity contribution in [1.29, 1.82) is 0 Å². The molecule has 76 valence electrons. The van der Waals surface area contributed by atoms with Crippen LogP contribution in [0, 0.1) is 11.3 Å². The Morgan fingerprint density at radius 2 is 2.46 bits per heavy atom. The highest BCUT2D eigenvalue weighted by atomic mass is 16.5. The zero-order chi connectivity index (χ0) is 9.73. The van der Waals surface area contributed by atoms with Crippen molar-refractivity contribution in [2.45, 2.75) is 26.2 Å². The van der Waals surface area contributed by atoms with Gasteiger partial charge in [0.1, 0.15) is 6.29 Å². The largest absolute Gasteiger partial charge is 0.396 e. The standard InChI is InChI=1S/C10H18O3/c1-9(6-11)5-10(7-12)3-2-4-13-8-10/h7,9,11H,2-6,8H2,1H3. The number of aliphatic hydroxyl groups excluding tert-OH is 1. The van der Waals surface area contributed by atoms with Crippen LogP contribution in [0.1, 0.15) is 26.2 Å². The summed E-state index contributed by atoms with van der Waals surface area (Å²) < 4.78 is 5.31. The van der Waals surface area contributed by atoms with Crippen molar-refractivity contribution in [3.8, 4) is 0 Å². The van der Waals surface area contributed by atoms with Gasteiger partial charge in [0, 0.05) is 18.6 Å². The van der Waals surface area contributed by atoms with Gasteiger partial charge < -0.3 is 14.6 Å². The van der Waals surface area contributed by atoms with Gasteiger partial charge in [-0.05, 0) is 25.2 Å². The van der Waals surface area contributed by atoms with Gasteiger partial charge in [0.25, 0.3) is 0 Å². The quantitative estimate of drug-likeness (QED) is 0.666. The van der Waals surface area contributed by atoms with Crippen LogP contribution in [0.3, 0.4) is 0 Å². The molecule has 2 unspecified atom stereocenters. The van der Waals surface area contributed by atoms with Crippen LogP contribution in [0.25, 0.3) is 0 Å². The second-order valence-electron chi connectivity index (χ2n) is 4.13. The third kappa shape index (κ3) is 2.78. The van der Waals surface area contributed by atoms with Crippen molar-refractivity contribution in [2.75, 3.05) is 19.8 Å². The average molecular weight is 186 g/mol. The molecule has 1 saturated heterocycles. The minimum atomic E-state index is -0.319. The third-order valence-electron chi connectivity index (χ3n) is 2.67. The van der Waals surface area contributed by atoms with Gasteiger partial charge in [0.05, 0.1) is 6.61 Å². The molecule has 1 N–H and O–H groups in total. The zero-order valence-corrected chi connectivity index (χ0v) is 8.16. The van der Waals surface area contributed by atoms with E-state index >= 15 is 0 Å². The number of carbonyl (C=O) groups is 1. The molecule has 3 nitrogen and oxygen atoms in total. The lowest BCUT2D eigenvalue weighted by Crippen LogP contribution is -2.35. The first-order valence-corrected chi connectivity index (χ1v) is 4.87. The molecule has 1 rings (SSSR count). The lowest BCUT2D eigenvalue weighted by molar-refractivity contribution is -0.125. The maximum atomic E-state index is 11.0. The van der Waals surface area contributed by atoms with E-state index in [1.807, 2.05) is 6.92 Å². The Morgan fingerprint density at radius 3 is 2.92 bits per heavy atom. The first kappa shape index (κ1) is 10.7. The summed E-state index contributed by atoms with van der Waals surface area (Å²) in [6.45, 7) is 3.40. The first-order valence-electron chi connectivity index (χ1n) is 4.87. The van der Waals surface area contributed by atoms with Crippen molar-refractivity contribution in [2.24, 2.45) is 11.3 Å². The molecule has 1 aliphatic rings. The molecule has 0 aromatic carbocycles. The Hall–Kier alpha value is -0.410. The Bertz CT molecular complexity index is 162. The van der Waals surface area contributed by atoms with Crippen molar-refractivity contribution in [1.82, 2.24) is 0 Å². The summed E-state index contributed by atoms with van der Waals surface area (Å²) in [7, 11) is 0. The number of aliphatic hydroxyl groups is 1. The summed E-state index contributed by atoms with van der Waals surface area (Å²) in [4.78, 5) is 11.0. The monoisotopic (exact) mass is 186 g/mol. The van der Waals surface area contributed by atoms with Gasteiger partial charge in [-0.15, -0.1) is 0 Å². The van der Waals surface area contributed by atoms with Gasteiger partial charge in [0.15, 0.2) is 0 Å². The fourth-order valence-corrected chi connectivity index (χ4v) is 1.93. The van der Waals surface area contributed by atoms with Gasteiger partial charge in [-0.1, -0.05) is 6.92 Å². The van der Waals surface area contributed by atoms with Crippen LogP contribution < -0.4 is 0 Å². The SMILES string of the molecule is CC(CO)CC1(C=O)CCCOC1. The van der Waals surface area contributed by atoms with Crippen LogP contribution in [-0.2, 0) is 9.53 Å². The normalized spacial score (nSPS) is 31.2. The van der Waals surface area contributed by atoms with E-state index in [0.29, 0.717) is 6.61 Å². The first-order chi connectivity index (χ1) is 6.22. The van der Waals surface area contributed by atoms with Crippen LogP contribution in [0.4, 0.5) is 0 Å². The molecule has 3 heteroatoms. The molecule has 1 aliphatic heterocycles. The zero-order valence-electron chi connectivity index (χ0n) is 8.16. The smallest absolute Gasteiger partial charge is 0.128 e. The van der Waals surface area contributed by atoms with E-state index in [1.54, 1.807) is 0 Å². The predicted octanol–water partition coefficient (Wildman–Crippen LogP) is 1.00. The Kier molecular flexibility index (Phi) is 3.88. The summed E-state index contributed by atoms with van der Waals surface area (Å²) >= 11 is 0. The van der Waals surface area contributed by atoms with Crippen molar-refractivity contribution >= 4 is 6.29 Å². The van der Waals surface area contributed by atoms with Crippen LogP contribution in [-0.4, -0.2) is 31.2 Å². The lowest BCUT2D eigenvalue weighted by Gasteiger charge is -2.33. The maximum absolute atomic E-state index is 11.0. The number of aldehydes is 1. The molecule has 0 spiro atoms. The Labute approximate surface area is 79.1 Å². The molecule has 0 bridgehead atoms. The number of carbonyl (C=O) groups excluding carboxylic acids is 1. The molecule has 1 fully saturated rings. The highest BCUT2D eigenvalue weighted by molar-refractivity contribution is 5.59. The van der Waals surface area contributed by atoms with E-state index in [1.165, 1.54) is 0 Å². The summed E-state index contributed by atoms with van der Waals surface area (Å²) in [5, 5.41) is 8.92. The highest BCUT2D eigenvalue weighted by Gasteiger charge is 2.33. The van der Waals surface area contributed by atoms with Gasteiger partial charge in [-0.2, -0.15) is 0 Å². The summed E-state index contributed by atoms with van der Waals surface area (Å²) in [6, 6.07) is 0. The lowest BCUT2D eigenvalue weighted by atomic mass is 9.77. The van der Waals surface area contributed by atoms with E-state index in [0.717, 1.165) is 32.2 Å². The topological polar surface area (TPSA) is 46.5 Å². The Morgan fingerprint density at radius 1 is 1.69 bits per heavy atom. The second-order valence-corrected chi connectivity index (χ2v) is 4.13. The number of hydrogen-bond acceptors (Lipinski definition) is 3. The molecule has 0 aromatic rings. The molecule has 0 aliphatic carbocycles. The number of rotatable bonds is 4. The van der Waals surface area contributed by atoms with E-state index in [4.69, 9.17) is 9.84 Å². The molecule has 13 heavy (non-hydrogen) atoms. The fourth-order valence-electron chi connectivity index (χ4n) is 1.93. The van der Waals surface area contributed by atoms with Crippen molar-refractivity contribution in [3.63, 3.8) is 0 Å². The Balaban J connectivity index is 2.52. The number of hydrogen-bond donors (Lipinski definition) is 1. The molecular formula is C10H18O3. The van der Waals surface area contributed by atoms with Gasteiger partial charge in [-0.25, -0.2) is 0 Å². The molecule has 0 radical (unpaired) electrons. The maximum Gasteiger partial charge on any atom is 0.128 e. The van der Waals surface area contributed by atoms with Crippen LogP contribution in [0.5, 0.6) is 0 Å². The molecular weight excluding hydrogens is 168 g/mol. The van der Waals surface area contributed by atoms with Crippen LogP contribution in [0.2, 0.25) is 0 Å².